The number of hydrogen-bond donors (Lipinski definition) is 0. The largest absolute Gasteiger partial charge is 0.0773 e. The fraction of sp³-hybridized carbons (Fsp3) is 1.00. The van der Waals surface area contributed by atoms with Crippen LogP contribution in [0.1, 0.15) is 12.8 Å². The first-order chi connectivity index (χ1) is 2.66. The molecule has 6 heavy (non-hydrogen) atoms. The third-order valence-corrected chi connectivity index (χ3v) is 6.30. The van der Waals surface area contributed by atoms with Gasteiger partial charge in [0.05, 0.1) is 0 Å². The topological polar surface area (TPSA) is 0 Å². The van der Waals surface area contributed by atoms with Gasteiger partial charge in [-0.2, -0.15) is 0 Å². The molecule has 0 bridgehead atoms. The van der Waals surface area contributed by atoms with Gasteiger partial charge in [0.2, 0.25) is 0 Å². The van der Waals surface area contributed by atoms with E-state index in [9.17, 15) is 0 Å². The minimum atomic E-state index is 0.811. The van der Waals surface area contributed by atoms with Crippen molar-refractivity contribution in [2.24, 2.45) is 0 Å². The van der Waals surface area contributed by atoms with Crippen LogP contribution in [0.5, 0.6) is 0 Å². The second-order valence-corrected chi connectivity index (χ2v) is 6.41. The van der Waals surface area contributed by atoms with Crippen molar-refractivity contribution in [3.05, 3.63) is 0 Å². The molecule has 2 saturated carbocycles. The van der Waals surface area contributed by atoms with Gasteiger partial charge in [-0.1, -0.05) is 45.2 Å². The van der Waals surface area contributed by atoms with Gasteiger partial charge in [-0.15, -0.1) is 0 Å². The molecule has 0 atom stereocenters. The van der Waals surface area contributed by atoms with Crippen molar-refractivity contribution >= 4 is 45.2 Å². The zero-order chi connectivity index (χ0) is 4.41. The highest BCUT2D eigenvalue weighted by Crippen LogP contribution is 2.81. The van der Waals surface area contributed by atoms with Gasteiger partial charge >= 0.3 is 0 Å². The van der Waals surface area contributed by atoms with E-state index in [1.54, 1.807) is 0 Å². The molecule has 0 aliphatic heterocycles. The maximum atomic E-state index is 2.57. The summed E-state index contributed by atoms with van der Waals surface area (Å²) in [5, 5.41) is 0. The summed E-state index contributed by atoms with van der Waals surface area (Å²) in [4.78, 5) is 0. The van der Waals surface area contributed by atoms with E-state index in [1.807, 2.05) is 0 Å². The Hall–Kier alpha value is 1.46. The Kier molecular flexibility index (Phi) is 0.584. The molecule has 0 aromatic heterocycles. The van der Waals surface area contributed by atoms with Gasteiger partial charge < -0.3 is 0 Å². The summed E-state index contributed by atoms with van der Waals surface area (Å²) >= 11 is 5.14. The van der Waals surface area contributed by atoms with E-state index in [4.69, 9.17) is 0 Å². The Morgan fingerprint density at radius 1 is 1.00 bits per heavy atom. The van der Waals surface area contributed by atoms with Gasteiger partial charge in [0.15, 0.2) is 0 Å². The van der Waals surface area contributed by atoms with Gasteiger partial charge in [0.1, 0.15) is 0 Å². The number of alkyl halides is 2. The van der Waals surface area contributed by atoms with Crippen LogP contribution in [0.4, 0.5) is 0 Å². The predicted octanol–water partition coefficient (Wildman–Crippen LogP) is 2.14. The van der Waals surface area contributed by atoms with Crippen molar-refractivity contribution in [1.82, 2.24) is 0 Å². The summed E-state index contributed by atoms with van der Waals surface area (Å²) in [6.07, 6.45) is 2.97. The molecule has 0 unspecified atom stereocenters. The second-order valence-electron chi connectivity index (χ2n) is 2.28. The van der Waals surface area contributed by atoms with E-state index in [0.717, 1.165) is 6.84 Å². The Morgan fingerprint density at radius 2 is 1.17 bits per heavy atom. The van der Waals surface area contributed by atoms with E-state index in [1.165, 1.54) is 12.8 Å². The zero-order valence-electron chi connectivity index (χ0n) is 3.17. The maximum Gasteiger partial charge on any atom is 0.0395 e. The van der Waals surface area contributed by atoms with Crippen LogP contribution in [0.15, 0.2) is 0 Å². The number of hydrogen-bond acceptors (Lipinski definition) is 0. The minimum Gasteiger partial charge on any atom is -0.0773 e. The van der Waals surface area contributed by atoms with Crippen molar-refractivity contribution in [3.8, 4) is 0 Å². The normalized spacial score (nSPS) is 73.0. The first-order valence-electron chi connectivity index (χ1n) is 2.04. The van der Waals surface area contributed by atoms with Crippen molar-refractivity contribution in [2.75, 3.05) is 0 Å². The maximum absolute atomic E-state index is 2.57. The monoisotopic (exact) mass is 306 g/mol. The van der Waals surface area contributed by atoms with Crippen LogP contribution < -0.4 is 0 Å². The van der Waals surface area contributed by atoms with Gasteiger partial charge in [-0.3, -0.25) is 0 Å². The third kappa shape index (κ3) is 0.319. The summed E-state index contributed by atoms with van der Waals surface area (Å²) in [6.45, 7) is 0. The minimum absolute atomic E-state index is 0.811. The van der Waals surface area contributed by atoms with Crippen LogP contribution in [-0.2, 0) is 0 Å². The van der Waals surface area contributed by atoms with Crippen molar-refractivity contribution in [3.63, 3.8) is 0 Å². The van der Waals surface area contributed by atoms with Crippen LogP contribution >= 0.6 is 45.2 Å². The van der Waals surface area contributed by atoms with Crippen LogP contribution in [0.3, 0.4) is 0 Å². The molecule has 0 aromatic rings. The van der Waals surface area contributed by atoms with E-state index in [0.29, 0.717) is 0 Å². The van der Waals surface area contributed by atoms with E-state index >= 15 is 0 Å². The van der Waals surface area contributed by atoms with Crippen LogP contribution in [0.2, 0.25) is 0 Å². The molecule has 0 spiro atoms. The molecule has 2 rings (SSSR count). The highest BCUT2D eigenvalue weighted by molar-refractivity contribution is 14.1. The van der Waals surface area contributed by atoms with Crippen molar-refractivity contribution in [2.45, 2.75) is 19.7 Å². The van der Waals surface area contributed by atoms with Crippen molar-refractivity contribution in [1.29, 1.82) is 0 Å². The van der Waals surface area contributed by atoms with Gasteiger partial charge in [0, 0.05) is 6.84 Å². The first-order valence-corrected chi connectivity index (χ1v) is 4.20. The molecule has 2 fully saturated rings. The average Bonchev–Trinajstić information content (AvgIpc) is 1.78. The molecule has 2 aliphatic rings. The SMILES string of the molecule is I[C@]12C[C@@]1(I)C2. The number of rotatable bonds is 0. The molecule has 2 heteroatoms. The van der Waals surface area contributed by atoms with E-state index < -0.39 is 0 Å². The highest BCUT2D eigenvalue weighted by atomic mass is 127. The van der Waals surface area contributed by atoms with Gasteiger partial charge in [-0.25, -0.2) is 0 Å². The average molecular weight is 306 g/mol. The van der Waals surface area contributed by atoms with Crippen LogP contribution in [-0.4, -0.2) is 6.84 Å². The molecule has 0 nitrogen and oxygen atoms in total. The lowest BCUT2D eigenvalue weighted by molar-refractivity contribution is 0.998. The summed E-state index contributed by atoms with van der Waals surface area (Å²) in [5.74, 6) is 0. The van der Waals surface area contributed by atoms with Crippen LogP contribution in [0.25, 0.3) is 0 Å². The zero-order valence-corrected chi connectivity index (χ0v) is 7.49. The molecule has 0 heterocycles. The smallest absolute Gasteiger partial charge is 0.0395 e. The molecule has 0 aromatic carbocycles. The molecule has 0 saturated heterocycles. The van der Waals surface area contributed by atoms with Crippen LogP contribution in [0, 0.1) is 0 Å². The fourth-order valence-corrected chi connectivity index (χ4v) is 4.81. The molecule has 0 radical (unpaired) electrons. The molecule has 2 aliphatic carbocycles. The standard InChI is InChI=1S/C4H4I2/c5-3-1-4(3,6)2-3/h1-2H2/t3-,4+. The molecular weight excluding hydrogens is 302 g/mol. The van der Waals surface area contributed by atoms with E-state index in [-0.39, 0.29) is 0 Å². The lowest BCUT2D eigenvalue weighted by Gasteiger charge is -1.79. The fourth-order valence-electron chi connectivity index (χ4n) is 0.748. The lowest BCUT2D eigenvalue weighted by Crippen LogP contribution is -1.73. The quantitative estimate of drug-likeness (QED) is 0.475. The van der Waals surface area contributed by atoms with Crippen molar-refractivity contribution < 1.29 is 0 Å². The Bertz CT molecular complexity index is 90.1. The number of halogens is 2. The summed E-state index contributed by atoms with van der Waals surface area (Å²) in [7, 11) is 0. The van der Waals surface area contributed by atoms with Gasteiger partial charge in [0.25, 0.3) is 0 Å². The first kappa shape index (κ1) is 4.35. The lowest BCUT2D eigenvalue weighted by atomic mass is 10.4. The summed E-state index contributed by atoms with van der Waals surface area (Å²) in [5.41, 5.74) is 0. The van der Waals surface area contributed by atoms with E-state index in [2.05, 4.69) is 45.2 Å². The highest BCUT2D eigenvalue weighted by Gasteiger charge is 2.80. The Balaban J connectivity index is 2.34. The molecule has 34 valence electrons. The second kappa shape index (κ2) is 0.806. The van der Waals surface area contributed by atoms with Gasteiger partial charge in [-0.05, 0) is 12.8 Å². The molecule has 0 N–H and O–H groups in total. The molecule has 0 amide bonds. The molecular formula is C4H4I2. The Labute approximate surface area is 64.3 Å². The Morgan fingerprint density at radius 3 is 1.17 bits per heavy atom. The summed E-state index contributed by atoms with van der Waals surface area (Å²) in [6, 6.07) is 0. The summed E-state index contributed by atoms with van der Waals surface area (Å²) < 4.78 is 1.62. The number of fused-ring (bicyclic) bond motifs is 1. The third-order valence-electron chi connectivity index (χ3n) is 1.67. The predicted molar refractivity (Wildman–Crippen MR) is 42.7 cm³/mol.